The van der Waals surface area contributed by atoms with Gasteiger partial charge >= 0.3 is 12.4 Å². The van der Waals surface area contributed by atoms with Crippen molar-refractivity contribution in [2.75, 3.05) is 0 Å². The predicted octanol–water partition coefficient (Wildman–Crippen LogP) is 4.19. The maximum absolute atomic E-state index is 12.4. The molecule has 0 aliphatic heterocycles. The Morgan fingerprint density at radius 3 is 0.786 bits per heavy atom. The fraction of sp³-hybridized carbons (Fsp3) is 1.00. The van der Waals surface area contributed by atoms with Gasteiger partial charge in [-0.2, -0.15) is 26.3 Å². The Labute approximate surface area is 87.9 Å². The van der Waals surface area contributed by atoms with Crippen LogP contribution in [0.3, 0.4) is 0 Å². The molecule has 14 heavy (non-hydrogen) atoms. The van der Waals surface area contributed by atoms with Crippen LogP contribution in [0.5, 0.6) is 0 Å². The third-order valence-corrected chi connectivity index (χ3v) is 2.62. The second-order valence-electron chi connectivity index (χ2n) is 2.15. The van der Waals surface area contributed by atoms with Gasteiger partial charge in [0.2, 0.25) is 0 Å². The zero-order valence-electron chi connectivity index (χ0n) is 5.78. The number of hydrogen-bond acceptors (Lipinski definition) is 0. The molecule has 0 aliphatic carbocycles. The van der Waals surface area contributed by atoms with Gasteiger partial charge in [0, 0.05) is 0 Å². The van der Waals surface area contributed by atoms with Crippen molar-refractivity contribution in [2.45, 2.75) is 21.8 Å². The highest BCUT2D eigenvalue weighted by atomic mass is 35.5. The van der Waals surface area contributed by atoms with Gasteiger partial charge in [0.15, 0.2) is 0 Å². The highest BCUT2D eigenvalue weighted by molar-refractivity contribution is 6.52. The zero-order chi connectivity index (χ0) is 12.0. The smallest absolute Gasteiger partial charge is 0.205 e. The molecule has 0 aliphatic rings. The Bertz CT molecular complexity index is 174. The molecule has 0 unspecified atom stereocenters. The minimum atomic E-state index is -6.18. The van der Waals surface area contributed by atoms with Crippen molar-refractivity contribution in [2.24, 2.45) is 0 Å². The van der Waals surface area contributed by atoms with Crippen LogP contribution in [0, 0.1) is 0 Å². The standard InChI is InChI=1S/C4Cl3F7/c5-1(2(6,7)8,3(9,10)11)4(12,13)14. The van der Waals surface area contributed by atoms with E-state index in [-0.39, 0.29) is 0 Å². The van der Waals surface area contributed by atoms with Crippen LogP contribution in [0.25, 0.3) is 0 Å². The highest BCUT2D eigenvalue weighted by Gasteiger charge is 2.80. The number of halogens is 10. The average molecular weight is 287 g/mol. The molecule has 0 N–H and O–H groups in total. The molecule has 0 amide bonds. The minimum Gasteiger partial charge on any atom is -0.205 e. The molecule has 0 aromatic carbocycles. The highest BCUT2D eigenvalue weighted by Crippen LogP contribution is 2.58. The molecule has 0 fully saturated rings. The van der Waals surface area contributed by atoms with Gasteiger partial charge in [-0.1, -0.05) is 34.8 Å². The Balaban J connectivity index is 5.54. The quantitative estimate of drug-likeness (QED) is 0.501. The van der Waals surface area contributed by atoms with E-state index in [2.05, 4.69) is 34.8 Å². The summed E-state index contributed by atoms with van der Waals surface area (Å²) in [6.07, 6.45) is -12.4. The lowest BCUT2D eigenvalue weighted by atomic mass is 10.1. The molecule has 0 radical (unpaired) electrons. The van der Waals surface area contributed by atoms with E-state index in [1.807, 2.05) is 0 Å². The zero-order valence-corrected chi connectivity index (χ0v) is 8.05. The molecule has 0 aromatic rings. The largest absolute Gasteiger partial charge is 0.422 e. The monoisotopic (exact) mass is 286 g/mol. The fourth-order valence-corrected chi connectivity index (χ4v) is 0.911. The van der Waals surface area contributed by atoms with Crippen LogP contribution in [0.4, 0.5) is 30.7 Å². The molecular formula is C4Cl3F7. The van der Waals surface area contributed by atoms with Crippen LogP contribution >= 0.6 is 34.8 Å². The van der Waals surface area contributed by atoms with E-state index in [0.717, 1.165) is 0 Å². The molecule has 86 valence electrons. The Morgan fingerprint density at radius 2 is 0.786 bits per heavy atom. The average Bonchev–Trinajstić information content (AvgIpc) is 1.77. The maximum Gasteiger partial charge on any atom is 0.422 e. The van der Waals surface area contributed by atoms with Crippen LogP contribution in [0.2, 0.25) is 0 Å². The van der Waals surface area contributed by atoms with Crippen molar-refractivity contribution in [3.63, 3.8) is 0 Å². The van der Waals surface area contributed by atoms with Crippen molar-refractivity contribution in [1.29, 1.82) is 0 Å². The van der Waals surface area contributed by atoms with Gasteiger partial charge in [-0.25, -0.2) is 4.39 Å². The third kappa shape index (κ3) is 2.14. The SMILES string of the molecule is FC(F)(F)C(Cl)(C(F)(F)F)C(F)(Cl)Cl. The second-order valence-corrected chi connectivity index (χ2v) is 3.95. The summed E-state index contributed by atoms with van der Waals surface area (Å²) >= 11 is 12.4. The van der Waals surface area contributed by atoms with E-state index in [9.17, 15) is 30.7 Å². The summed E-state index contributed by atoms with van der Waals surface area (Å²) in [6.45, 7) is 0. The van der Waals surface area contributed by atoms with Crippen molar-refractivity contribution in [3.05, 3.63) is 0 Å². The number of alkyl halides is 10. The molecule has 0 bridgehead atoms. The molecule has 0 saturated heterocycles. The van der Waals surface area contributed by atoms with E-state index in [1.54, 1.807) is 0 Å². The fourth-order valence-electron chi connectivity index (χ4n) is 0.482. The van der Waals surface area contributed by atoms with Crippen molar-refractivity contribution in [1.82, 2.24) is 0 Å². The molecule has 0 nitrogen and oxygen atoms in total. The third-order valence-electron chi connectivity index (χ3n) is 1.17. The van der Waals surface area contributed by atoms with Gasteiger partial charge in [-0.3, -0.25) is 0 Å². The topological polar surface area (TPSA) is 0 Å². The van der Waals surface area contributed by atoms with Gasteiger partial charge in [0.05, 0.1) is 0 Å². The summed E-state index contributed by atoms with van der Waals surface area (Å²) in [6, 6.07) is 0. The summed E-state index contributed by atoms with van der Waals surface area (Å²) < 4.78 is 78.7. The van der Waals surface area contributed by atoms with Gasteiger partial charge < -0.3 is 0 Å². The van der Waals surface area contributed by atoms with Crippen LogP contribution in [0.15, 0.2) is 0 Å². The van der Waals surface area contributed by atoms with Gasteiger partial charge in [-0.05, 0) is 0 Å². The van der Waals surface area contributed by atoms with Crippen LogP contribution in [-0.2, 0) is 0 Å². The second kappa shape index (κ2) is 3.45. The molecular weight excluding hydrogens is 287 g/mol. The predicted molar refractivity (Wildman–Crippen MR) is 36.2 cm³/mol. The summed E-state index contributed by atoms with van der Waals surface area (Å²) in [7, 11) is 0. The summed E-state index contributed by atoms with van der Waals surface area (Å²) in [5, 5.41) is 0. The molecule has 0 heterocycles. The summed E-state index contributed by atoms with van der Waals surface area (Å²) in [5.41, 5.74) is 0. The molecule has 0 rings (SSSR count). The minimum absolute atomic E-state index is 4.08. The Hall–Kier alpha value is 0.380. The van der Waals surface area contributed by atoms with Gasteiger partial charge in [0.25, 0.3) is 9.46 Å². The van der Waals surface area contributed by atoms with Gasteiger partial charge in [0.1, 0.15) is 0 Å². The van der Waals surface area contributed by atoms with Crippen molar-refractivity contribution >= 4 is 34.8 Å². The lowest BCUT2D eigenvalue weighted by Gasteiger charge is -2.35. The van der Waals surface area contributed by atoms with Crippen molar-refractivity contribution < 1.29 is 30.7 Å². The first-order valence-corrected chi connectivity index (χ1v) is 3.77. The first-order chi connectivity index (χ1) is 5.75. The molecule has 10 heteroatoms. The van der Waals surface area contributed by atoms with E-state index >= 15 is 0 Å². The molecule has 0 atom stereocenters. The first-order valence-electron chi connectivity index (χ1n) is 2.64. The van der Waals surface area contributed by atoms with Crippen LogP contribution in [0.1, 0.15) is 0 Å². The van der Waals surface area contributed by atoms with E-state index in [1.165, 1.54) is 0 Å². The Morgan fingerprint density at radius 1 is 0.571 bits per heavy atom. The van der Waals surface area contributed by atoms with Crippen LogP contribution < -0.4 is 0 Å². The van der Waals surface area contributed by atoms with E-state index in [0.29, 0.717) is 0 Å². The lowest BCUT2D eigenvalue weighted by molar-refractivity contribution is -0.279. The molecule has 0 saturated carbocycles. The van der Waals surface area contributed by atoms with Crippen molar-refractivity contribution in [3.8, 4) is 0 Å². The van der Waals surface area contributed by atoms with Crippen LogP contribution in [-0.4, -0.2) is 21.8 Å². The summed E-state index contributed by atoms with van der Waals surface area (Å²) in [4.78, 5) is -5.35. The normalized spacial score (nSPS) is 15.9. The first kappa shape index (κ1) is 14.4. The van der Waals surface area contributed by atoms with E-state index in [4.69, 9.17) is 0 Å². The lowest BCUT2D eigenvalue weighted by Crippen LogP contribution is -2.61. The van der Waals surface area contributed by atoms with Gasteiger partial charge in [-0.15, -0.1) is 0 Å². The molecule has 0 aromatic heterocycles. The number of hydrogen-bond donors (Lipinski definition) is 0. The number of rotatable bonds is 1. The summed E-state index contributed by atoms with van der Waals surface area (Å²) in [5.74, 6) is 0. The van der Waals surface area contributed by atoms with E-state index < -0.39 is 21.8 Å². The maximum atomic E-state index is 12.4. The molecule has 0 spiro atoms. The Kier molecular flexibility index (Phi) is 3.54.